The maximum atomic E-state index is 10.9. The standard InChI is InChI=1S/C10H17NO4.C4H9N.HI.H2/c1-4-11(7-5-9(12)14-2)8-6-10(13)15-3;1-2-4-5-3-1;;/h4H,1,5-8H2,2-3H3;5H,1-4H2;2*1H. The zero-order valence-electron chi connectivity index (χ0n) is 12.9. The molecule has 1 aliphatic rings. The van der Waals surface area contributed by atoms with Gasteiger partial charge in [0, 0.05) is 14.5 Å². The van der Waals surface area contributed by atoms with Crippen LogP contribution in [0.25, 0.3) is 0 Å². The van der Waals surface area contributed by atoms with Crippen molar-refractivity contribution in [3.05, 3.63) is 12.8 Å². The quantitative estimate of drug-likeness (QED) is 0.504. The van der Waals surface area contributed by atoms with Gasteiger partial charge in [-0.1, -0.05) is 6.58 Å². The first-order chi connectivity index (χ1) is 9.63. The van der Waals surface area contributed by atoms with Gasteiger partial charge < -0.3 is 19.7 Å². The summed E-state index contributed by atoms with van der Waals surface area (Å²) in [6, 6.07) is 0. The zero-order valence-corrected chi connectivity index (χ0v) is 15.3. The molecule has 21 heavy (non-hydrogen) atoms. The van der Waals surface area contributed by atoms with E-state index >= 15 is 0 Å². The van der Waals surface area contributed by atoms with Crippen LogP contribution in [0.5, 0.6) is 0 Å². The monoisotopic (exact) mass is 416 g/mol. The third kappa shape index (κ3) is 13.9. The number of hydrogen-bond donors (Lipinski definition) is 1. The van der Waals surface area contributed by atoms with Crippen LogP contribution in [0.3, 0.4) is 0 Å². The molecule has 6 nitrogen and oxygen atoms in total. The summed E-state index contributed by atoms with van der Waals surface area (Å²) in [4.78, 5) is 23.5. The normalized spacial score (nSPS) is 12.3. The number of esters is 2. The Balaban J connectivity index is -0.000000436. The van der Waals surface area contributed by atoms with Crippen LogP contribution >= 0.6 is 24.0 Å². The van der Waals surface area contributed by atoms with Crippen molar-refractivity contribution in [2.75, 3.05) is 40.4 Å². The van der Waals surface area contributed by atoms with Crippen molar-refractivity contribution in [1.29, 1.82) is 0 Å². The Morgan fingerprint density at radius 3 is 1.81 bits per heavy atom. The lowest BCUT2D eigenvalue weighted by atomic mass is 10.3. The minimum Gasteiger partial charge on any atom is -0.469 e. The SMILES string of the molecule is C1CCNC1.C=CN(CCC(=O)OC)CCC(=O)OC.I.[HH]. The second-order valence-electron chi connectivity index (χ2n) is 4.33. The first-order valence-electron chi connectivity index (χ1n) is 6.85. The summed E-state index contributed by atoms with van der Waals surface area (Å²) in [5.74, 6) is -0.556. The molecular formula is C14H29IN2O4. The molecule has 0 unspecified atom stereocenters. The predicted octanol–water partition coefficient (Wildman–Crippen LogP) is 1.79. The van der Waals surface area contributed by atoms with Crippen molar-refractivity contribution in [3.8, 4) is 0 Å². The van der Waals surface area contributed by atoms with Gasteiger partial charge >= 0.3 is 11.9 Å². The molecule has 126 valence electrons. The van der Waals surface area contributed by atoms with Gasteiger partial charge in [-0.2, -0.15) is 0 Å². The predicted molar refractivity (Wildman–Crippen MR) is 94.7 cm³/mol. The van der Waals surface area contributed by atoms with Crippen LogP contribution in [0.1, 0.15) is 27.1 Å². The molecule has 0 aromatic carbocycles. The molecule has 0 atom stereocenters. The lowest BCUT2D eigenvalue weighted by molar-refractivity contribution is -0.140. The van der Waals surface area contributed by atoms with Gasteiger partial charge in [-0.05, 0) is 32.1 Å². The van der Waals surface area contributed by atoms with E-state index in [1.54, 1.807) is 11.1 Å². The molecule has 1 saturated heterocycles. The van der Waals surface area contributed by atoms with Crippen LogP contribution in [0.2, 0.25) is 0 Å². The third-order valence-corrected chi connectivity index (χ3v) is 2.88. The summed E-state index contributed by atoms with van der Waals surface area (Å²) in [6.07, 6.45) is 4.93. The summed E-state index contributed by atoms with van der Waals surface area (Å²) < 4.78 is 9.00. The number of rotatable bonds is 7. The summed E-state index contributed by atoms with van der Waals surface area (Å²) in [7, 11) is 2.68. The van der Waals surface area contributed by atoms with Crippen molar-refractivity contribution in [2.45, 2.75) is 25.7 Å². The van der Waals surface area contributed by atoms with Crippen molar-refractivity contribution in [1.82, 2.24) is 10.2 Å². The fourth-order valence-electron chi connectivity index (χ4n) is 1.59. The van der Waals surface area contributed by atoms with E-state index in [-0.39, 0.29) is 50.2 Å². The Hall–Kier alpha value is -0.830. The number of hydrogen-bond acceptors (Lipinski definition) is 6. The molecule has 0 bridgehead atoms. The van der Waals surface area contributed by atoms with E-state index in [9.17, 15) is 9.59 Å². The van der Waals surface area contributed by atoms with E-state index in [0.29, 0.717) is 13.1 Å². The number of ether oxygens (including phenoxy) is 2. The van der Waals surface area contributed by atoms with Crippen molar-refractivity contribution < 1.29 is 20.5 Å². The number of carbonyl (C=O) groups is 2. The van der Waals surface area contributed by atoms with Gasteiger partial charge in [0.2, 0.25) is 0 Å². The number of nitrogens with one attached hydrogen (secondary N) is 1. The van der Waals surface area contributed by atoms with Gasteiger partial charge in [0.15, 0.2) is 0 Å². The third-order valence-electron chi connectivity index (χ3n) is 2.88. The van der Waals surface area contributed by atoms with E-state index in [0.717, 1.165) is 0 Å². The summed E-state index contributed by atoms with van der Waals surface area (Å²) in [5, 5.41) is 3.22. The molecular weight excluding hydrogens is 387 g/mol. The second-order valence-corrected chi connectivity index (χ2v) is 4.33. The Morgan fingerprint density at radius 1 is 1.14 bits per heavy atom. The van der Waals surface area contributed by atoms with Gasteiger partial charge in [-0.3, -0.25) is 9.59 Å². The largest absolute Gasteiger partial charge is 0.469 e. The molecule has 0 amide bonds. The molecule has 0 radical (unpaired) electrons. The summed E-state index contributed by atoms with van der Waals surface area (Å²) >= 11 is 0. The maximum absolute atomic E-state index is 10.9. The Bertz CT molecular complexity index is 275. The molecule has 7 heteroatoms. The highest BCUT2D eigenvalue weighted by Gasteiger charge is 2.07. The average Bonchev–Trinajstić information content (AvgIpc) is 3.06. The van der Waals surface area contributed by atoms with Gasteiger partial charge in [0.05, 0.1) is 27.1 Å². The smallest absolute Gasteiger partial charge is 0.307 e. The fraction of sp³-hybridized carbons (Fsp3) is 0.714. The first-order valence-corrected chi connectivity index (χ1v) is 6.85. The van der Waals surface area contributed by atoms with E-state index in [1.165, 1.54) is 40.2 Å². The number of halogens is 1. The van der Waals surface area contributed by atoms with E-state index < -0.39 is 0 Å². The van der Waals surface area contributed by atoms with Gasteiger partial charge in [0.1, 0.15) is 0 Å². The highest BCUT2D eigenvalue weighted by Crippen LogP contribution is 1.97. The van der Waals surface area contributed by atoms with Gasteiger partial charge in [-0.25, -0.2) is 0 Å². The molecule has 1 rings (SSSR count). The lowest BCUT2D eigenvalue weighted by Gasteiger charge is -2.18. The van der Waals surface area contributed by atoms with Crippen LogP contribution in [-0.4, -0.2) is 57.2 Å². The molecule has 0 aromatic rings. The number of carbonyl (C=O) groups excluding carboxylic acids is 2. The van der Waals surface area contributed by atoms with E-state index in [4.69, 9.17) is 0 Å². The molecule has 0 saturated carbocycles. The number of nitrogens with zero attached hydrogens (tertiary/aromatic N) is 1. The topological polar surface area (TPSA) is 67.9 Å². The Morgan fingerprint density at radius 2 is 1.57 bits per heavy atom. The minimum absolute atomic E-state index is 0. The number of methoxy groups -OCH3 is 2. The maximum Gasteiger partial charge on any atom is 0.307 e. The van der Waals surface area contributed by atoms with Crippen LogP contribution in [0.4, 0.5) is 0 Å². The minimum atomic E-state index is -0.278. The molecule has 0 aromatic heterocycles. The van der Waals surface area contributed by atoms with Gasteiger partial charge in [-0.15, -0.1) is 24.0 Å². The molecule has 1 N–H and O–H groups in total. The summed E-state index contributed by atoms with van der Waals surface area (Å²) in [5.41, 5.74) is 0. The highest BCUT2D eigenvalue weighted by molar-refractivity contribution is 14.0. The van der Waals surface area contributed by atoms with Crippen molar-refractivity contribution in [3.63, 3.8) is 0 Å². The van der Waals surface area contributed by atoms with E-state index in [2.05, 4.69) is 21.4 Å². The van der Waals surface area contributed by atoms with E-state index in [1.807, 2.05) is 0 Å². The molecule has 1 aliphatic heterocycles. The average molecular weight is 416 g/mol. The second kappa shape index (κ2) is 15.6. The lowest BCUT2D eigenvalue weighted by Crippen LogP contribution is -2.24. The van der Waals surface area contributed by atoms with Crippen molar-refractivity contribution >= 4 is 35.9 Å². The Labute approximate surface area is 145 Å². The summed E-state index contributed by atoms with van der Waals surface area (Å²) in [6.45, 7) is 7.08. The zero-order chi connectivity index (χ0) is 15.2. The fourth-order valence-corrected chi connectivity index (χ4v) is 1.59. The van der Waals surface area contributed by atoms with Crippen molar-refractivity contribution in [2.24, 2.45) is 0 Å². The van der Waals surface area contributed by atoms with Crippen LogP contribution < -0.4 is 5.32 Å². The molecule has 0 aliphatic carbocycles. The molecule has 1 fully saturated rings. The molecule has 0 spiro atoms. The van der Waals surface area contributed by atoms with Crippen LogP contribution in [-0.2, 0) is 19.1 Å². The highest BCUT2D eigenvalue weighted by atomic mass is 127. The Kier molecular flexibility index (Phi) is 16.6. The van der Waals surface area contributed by atoms with Crippen LogP contribution in [0, 0.1) is 0 Å². The van der Waals surface area contributed by atoms with Crippen LogP contribution in [0.15, 0.2) is 12.8 Å². The van der Waals surface area contributed by atoms with Gasteiger partial charge in [0.25, 0.3) is 0 Å². The first kappa shape index (κ1) is 22.5. The molecule has 1 heterocycles.